The van der Waals surface area contributed by atoms with Crippen molar-refractivity contribution in [3.8, 4) is 11.4 Å². The van der Waals surface area contributed by atoms with Gasteiger partial charge in [-0.3, -0.25) is 4.79 Å². The zero-order valence-corrected chi connectivity index (χ0v) is 19.5. The summed E-state index contributed by atoms with van der Waals surface area (Å²) in [6.45, 7) is 4.83. The molecule has 1 aliphatic rings. The van der Waals surface area contributed by atoms with E-state index < -0.39 is 0 Å². The first-order valence-corrected chi connectivity index (χ1v) is 11.7. The number of amides is 1. The fourth-order valence-electron chi connectivity index (χ4n) is 4.14. The second kappa shape index (κ2) is 8.48. The summed E-state index contributed by atoms with van der Waals surface area (Å²) in [5.41, 5.74) is 2.77. The molecule has 8 heteroatoms. The number of hydrogen-bond acceptors (Lipinski definition) is 5. The third-order valence-electron chi connectivity index (χ3n) is 5.83. The maximum absolute atomic E-state index is 13.3. The minimum Gasteiger partial charge on any atom is -0.495 e. The fourth-order valence-corrected chi connectivity index (χ4v) is 5.50. The van der Waals surface area contributed by atoms with Crippen LogP contribution in [0.5, 0.6) is 5.75 Å². The van der Waals surface area contributed by atoms with E-state index in [9.17, 15) is 4.79 Å². The lowest BCUT2D eigenvalue weighted by Crippen LogP contribution is -2.48. The first kappa shape index (κ1) is 20.8. The molecule has 164 valence electrons. The second-order valence-corrected chi connectivity index (χ2v) is 9.17. The van der Waals surface area contributed by atoms with Crippen molar-refractivity contribution in [1.82, 2.24) is 14.7 Å². The number of benzene rings is 2. The van der Waals surface area contributed by atoms with Gasteiger partial charge in [0, 0.05) is 31.6 Å². The second-order valence-electron chi connectivity index (χ2n) is 7.73. The minimum absolute atomic E-state index is 0.0657. The van der Waals surface area contributed by atoms with E-state index in [1.165, 1.54) is 11.3 Å². The van der Waals surface area contributed by atoms with Crippen LogP contribution >= 0.6 is 22.9 Å². The first-order valence-electron chi connectivity index (χ1n) is 10.5. The van der Waals surface area contributed by atoms with E-state index in [0.717, 1.165) is 51.0 Å². The van der Waals surface area contributed by atoms with Gasteiger partial charge in [0.25, 0.3) is 5.91 Å². The number of methoxy groups -OCH3 is 1. The molecule has 0 unspecified atom stereocenters. The molecule has 5 rings (SSSR count). The van der Waals surface area contributed by atoms with Gasteiger partial charge < -0.3 is 14.5 Å². The van der Waals surface area contributed by atoms with Crippen LogP contribution in [0.1, 0.15) is 15.4 Å². The summed E-state index contributed by atoms with van der Waals surface area (Å²) in [7, 11) is 1.69. The quantitative estimate of drug-likeness (QED) is 0.423. The SMILES string of the molecule is COc1ccccc1N1CCN(C(=O)c2cc3c(C)nn(-c4ccccc4Cl)c3s2)CC1. The highest BCUT2D eigenvalue weighted by Gasteiger charge is 2.26. The molecule has 0 N–H and O–H groups in total. The summed E-state index contributed by atoms with van der Waals surface area (Å²) in [6, 6.07) is 17.6. The van der Waals surface area contributed by atoms with Gasteiger partial charge in [0.1, 0.15) is 10.6 Å². The van der Waals surface area contributed by atoms with Crippen LogP contribution in [0.4, 0.5) is 5.69 Å². The number of halogens is 1. The van der Waals surface area contributed by atoms with Crippen molar-refractivity contribution in [1.29, 1.82) is 0 Å². The van der Waals surface area contributed by atoms with Crippen LogP contribution in [0.2, 0.25) is 5.02 Å². The minimum atomic E-state index is 0.0657. The van der Waals surface area contributed by atoms with Crippen molar-refractivity contribution in [3.05, 3.63) is 70.2 Å². The van der Waals surface area contributed by atoms with E-state index in [4.69, 9.17) is 16.3 Å². The number of carbonyl (C=O) groups excluding carboxylic acids is 1. The molecule has 0 bridgehead atoms. The summed E-state index contributed by atoms with van der Waals surface area (Å²) < 4.78 is 7.34. The van der Waals surface area contributed by atoms with Gasteiger partial charge in [0.15, 0.2) is 0 Å². The number of piperazine rings is 1. The number of carbonyl (C=O) groups is 1. The Morgan fingerprint density at radius 3 is 2.44 bits per heavy atom. The number of aryl methyl sites for hydroxylation is 1. The number of para-hydroxylation sites is 3. The van der Waals surface area contributed by atoms with Gasteiger partial charge in [-0.25, -0.2) is 4.68 Å². The van der Waals surface area contributed by atoms with E-state index in [1.54, 1.807) is 7.11 Å². The van der Waals surface area contributed by atoms with E-state index in [2.05, 4.69) is 16.1 Å². The number of hydrogen-bond donors (Lipinski definition) is 0. The molecule has 32 heavy (non-hydrogen) atoms. The number of thiophene rings is 1. The molecule has 0 aliphatic carbocycles. The van der Waals surface area contributed by atoms with E-state index >= 15 is 0 Å². The Balaban J connectivity index is 1.37. The van der Waals surface area contributed by atoms with Gasteiger partial charge in [-0.1, -0.05) is 35.9 Å². The molecular weight excluding hydrogens is 444 g/mol. The van der Waals surface area contributed by atoms with Gasteiger partial charge in [-0.2, -0.15) is 5.10 Å². The lowest BCUT2D eigenvalue weighted by Gasteiger charge is -2.36. The largest absolute Gasteiger partial charge is 0.495 e. The van der Waals surface area contributed by atoms with Crippen LogP contribution in [0.3, 0.4) is 0 Å². The molecule has 2 aromatic heterocycles. The Hall–Kier alpha value is -3.03. The Bertz CT molecular complexity index is 1290. The van der Waals surface area contributed by atoms with Crippen molar-refractivity contribution in [2.45, 2.75) is 6.92 Å². The third-order valence-corrected chi connectivity index (χ3v) is 7.25. The normalized spacial score (nSPS) is 14.2. The van der Waals surface area contributed by atoms with Crippen molar-refractivity contribution in [2.75, 3.05) is 38.2 Å². The highest BCUT2D eigenvalue weighted by Crippen LogP contribution is 2.33. The summed E-state index contributed by atoms with van der Waals surface area (Å²) in [6.07, 6.45) is 0. The van der Waals surface area contributed by atoms with Crippen LogP contribution in [-0.2, 0) is 0 Å². The standard InChI is InChI=1S/C24H23ClN4O2S/c1-16-17-15-22(32-24(17)29(26-16)19-8-4-3-7-18(19)25)23(30)28-13-11-27(12-14-28)20-9-5-6-10-21(20)31-2/h3-10,15H,11-14H2,1-2H3. The Morgan fingerprint density at radius 1 is 1.03 bits per heavy atom. The zero-order valence-electron chi connectivity index (χ0n) is 17.9. The Labute approximate surface area is 195 Å². The predicted octanol–water partition coefficient (Wildman–Crippen LogP) is 5.02. The van der Waals surface area contributed by atoms with Crippen molar-refractivity contribution in [3.63, 3.8) is 0 Å². The number of aromatic nitrogens is 2. The smallest absolute Gasteiger partial charge is 0.264 e. The number of rotatable bonds is 4. The molecule has 0 radical (unpaired) electrons. The van der Waals surface area contributed by atoms with Crippen molar-refractivity contribution < 1.29 is 9.53 Å². The highest BCUT2D eigenvalue weighted by molar-refractivity contribution is 7.20. The van der Waals surface area contributed by atoms with Gasteiger partial charge in [-0.05, 0) is 37.3 Å². The molecule has 4 aromatic rings. The third kappa shape index (κ3) is 3.61. The van der Waals surface area contributed by atoms with E-state index in [-0.39, 0.29) is 5.91 Å². The van der Waals surface area contributed by atoms with Crippen LogP contribution in [-0.4, -0.2) is 53.9 Å². The van der Waals surface area contributed by atoms with E-state index in [0.29, 0.717) is 18.1 Å². The maximum Gasteiger partial charge on any atom is 0.264 e. The van der Waals surface area contributed by atoms with Crippen LogP contribution in [0.25, 0.3) is 15.9 Å². The summed E-state index contributed by atoms with van der Waals surface area (Å²) >= 11 is 7.87. The molecule has 0 spiro atoms. The average Bonchev–Trinajstić information content (AvgIpc) is 3.40. The molecular formula is C24H23ClN4O2S. The number of nitrogens with zero attached hydrogens (tertiary/aromatic N) is 4. The van der Waals surface area contributed by atoms with Gasteiger partial charge >= 0.3 is 0 Å². The average molecular weight is 467 g/mol. The summed E-state index contributed by atoms with van der Waals surface area (Å²) in [5.74, 6) is 0.923. The maximum atomic E-state index is 13.3. The van der Waals surface area contributed by atoms with Gasteiger partial charge in [0.05, 0.1) is 34.1 Å². The number of anilines is 1. The molecule has 2 aromatic carbocycles. The summed E-state index contributed by atoms with van der Waals surface area (Å²) in [4.78, 5) is 19.2. The topological polar surface area (TPSA) is 50.6 Å². The van der Waals surface area contributed by atoms with E-state index in [1.807, 2.05) is 65.0 Å². The van der Waals surface area contributed by atoms with Crippen LogP contribution in [0, 0.1) is 6.92 Å². The molecule has 3 heterocycles. The zero-order chi connectivity index (χ0) is 22.2. The number of fused-ring (bicyclic) bond motifs is 1. The molecule has 0 atom stereocenters. The first-order chi connectivity index (χ1) is 15.6. The van der Waals surface area contributed by atoms with Crippen LogP contribution < -0.4 is 9.64 Å². The van der Waals surface area contributed by atoms with Crippen molar-refractivity contribution in [2.24, 2.45) is 0 Å². The van der Waals surface area contributed by atoms with Gasteiger partial charge in [-0.15, -0.1) is 11.3 Å². The molecule has 1 fully saturated rings. The highest BCUT2D eigenvalue weighted by atomic mass is 35.5. The fraction of sp³-hybridized carbons (Fsp3) is 0.250. The van der Waals surface area contributed by atoms with Crippen LogP contribution in [0.15, 0.2) is 54.6 Å². The van der Waals surface area contributed by atoms with Gasteiger partial charge in [0.2, 0.25) is 0 Å². The lowest BCUT2D eigenvalue weighted by atomic mass is 10.2. The molecule has 0 saturated carbocycles. The summed E-state index contributed by atoms with van der Waals surface area (Å²) in [5, 5.41) is 6.27. The molecule has 1 amide bonds. The Morgan fingerprint density at radius 2 is 1.72 bits per heavy atom. The molecule has 6 nitrogen and oxygen atoms in total. The molecule has 1 aliphatic heterocycles. The van der Waals surface area contributed by atoms with Crippen molar-refractivity contribution >= 4 is 44.7 Å². The lowest BCUT2D eigenvalue weighted by molar-refractivity contribution is 0.0751. The Kier molecular flexibility index (Phi) is 5.53. The predicted molar refractivity (Wildman–Crippen MR) is 130 cm³/mol. The number of ether oxygens (including phenoxy) is 1. The molecule has 1 saturated heterocycles. The monoisotopic (exact) mass is 466 g/mol.